The van der Waals surface area contributed by atoms with Gasteiger partial charge in [0, 0.05) is 24.8 Å². The summed E-state index contributed by atoms with van der Waals surface area (Å²) in [4.78, 5) is 15.5. The topological polar surface area (TPSA) is 89.6 Å². The minimum atomic E-state index is -0.245. The molecule has 0 aliphatic rings. The molecule has 0 aromatic carbocycles. The minimum absolute atomic E-state index is 0.109. The Morgan fingerprint density at radius 1 is 1.59 bits per heavy atom. The molecule has 1 unspecified atom stereocenters. The van der Waals surface area contributed by atoms with Crippen molar-refractivity contribution in [1.29, 1.82) is 0 Å². The summed E-state index contributed by atoms with van der Waals surface area (Å²) >= 11 is 1.32. The van der Waals surface area contributed by atoms with Crippen molar-refractivity contribution in [1.82, 2.24) is 19.7 Å². The maximum absolute atomic E-state index is 11.2. The highest BCUT2D eigenvalue weighted by Gasteiger charge is 2.12. The van der Waals surface area contributed by atoms with Gasteiger partial charge in [-0.3, -0.25) is 4.57 Å². The molecular formula is C10H13N5OS. The van der Waals surface area contributed by atoms with Crippen LogP contribution >= 0.6 is 11.8 Å². The quantitative estimate of drug-likeness (QED) is 0.837. The zero-order valence-electron chi connectivity index (χ0n) is 9.54. The fraction of sp³-hybridized carbons (Fsp3) is 0.300. The van der Waals surface area contributed by atoms with Crippen LogP contribution in [0.3, 0.4) is 0 Å². The molecule has 2 aromatic rings. The average Bonchev–Trinajstić information content (AvgIpc) is 2.61. The van der Waals surface area contributed by atoms with E-state index >= 15 is 0 Å². The van der Waals surface area contributed by atoms with Crippen LogP contribution in [-0.2, 0) is 7.05 Å². The Hall–Kier alpha value is -1.60. The third-order valence-electron chi connectivity index (χ3n) is 2.32. The molecule has 0 radical (unpaired) electrons. The molecule has 90 valence electrons. The molecular weight excluding hydrogens is 238 g/mol. The molecule has 0 bridgehead atoms. The van der Waals surface area contributed by atoms with Crippen LogP contribution in [0.2, 0.25) is 0 Å². The lowest BCUT2D eigenvalue weighted by molar-refractivity contribution is 0.755. The van der Waals surface area contributed by atoms with Gasteiger partial charge in [-0.2, -0.15) is 0 Å². The Balaban J connectivity index is 2.36. The second-order valence-corrected chi connectivity index (χ2v) is 4.61. The number of aromatic nitrogens is 4. The fourth-order valence-electron chi connectivity index (χ4n) is 1.35. The Bertz CT molecular complexity index is 574. The van der Waals surface area contributed by atoms with Crippen LogP contribution < -0.4 is 11.4 Å². The van der Waals surface area contributed by atoms with Gasteiger partial charge in [-0.1, -0.05) is 6.07 Å². The van der Waals surface area contributed by atoms with Crippen molar-refractivity contribution in [3.8, 4) is 0 Å². The van der Waals surface area contributed by atoms with E-state index in [1.165, 1.54) is 16.3 Å². The molecule has 0 aliphatic heterocycles. The molecule has 2 heterocycles. The molecule has 6 nitrogen and oxygen atoms in total. The van der Waals surface area contributed by atoms with Gasteiger partial charge in [0.05, 0.1) is 0 Å². The van der Waals surface area contributed by atoms with Crippen molar-refractivity contribution in [3.63, 3.8) is 0 Å². The summed E-state index contributed by atoms with van der Waals surface area (Å²) in [6, 6.07) is 3.65. The maximum Gasteiger partial charge on any atom is 0.343 e. The number of nitrogens with two attached hydrogens (primary N) is 1. The monoisotopic (exact) mass is 251 g/mol. The lowest BCUT2D eigenvalue weighted by atomic mass is 10.2. The number of hydrogen-bond donors (Lipinski definition) is 2. The number of pyridine rings is 1. The first-order valence-corrected chi connectivity index (χ1v) is 5.91. The Kier molecular flexibility index (Phi) is 3.30. The molecule has 0 aliphatic carbocycles. The van der Waals surface area contributed by atoms with E-state index in [0.29, 0.717) is 5.16 Å². The normalized spacial score (nSPS) is 12.6. The lowest BCUT2D eigenvalue weighted by Crippen LogP contribution is -2.13. The van der Waals surface area contributed by atoms with Crippen molar-refractivity contribution in [2.75, 3.05) is 0 Å². The van der Waals surface area contributed by atoms with Crippen LogP contribution in [0.4, 0.5) is 0 Å². The zero-order valence-corrected chi connectivity index (χ0v) is 10.4. The first kappa shape index (κ1) is 11.9. The fourth-order valence-corrected chi connectivity index (χ4v) is 2.31. The number of aromatic amines is 1. The molecule has 7 heteroatoms. The number of nitrogens with zero attached hydrogens (tertiary/aromatic N) is 3. The van der Waals surface area contributed by atoms with E-state index in [-0.39, 0.29) is 11.7 Å². The summed E-state index contributed by atoms with van der Waals surface area (Å²) in [6.45, 7) is 1.89. The molecule has 0 spiro atoms. The van der Waals surface area contributed by atoms with Gasteiger partial charge in [0.25, 0.3) is 0 Å². The molecule has 2 rings (SSSR count). The lowest BCUT2D eigenvalue weighted by Gasteiger charge is -2.09. The van der Waals surface area contributed by atoms with E-state index in [4.69, 9.17) is 5.73 Å². The van der Waals surface area contributed by atoms with Gasteiger partial charge >= 0.3 is 5.69 Å². The largest absolute Gasteiger partial charge is 0.343 e. The highest BCUT2D eigenvalue weighted by molar-refractivity contribution is 7.99. The number of H-pyrrole nitrogens is 1. The third-order valence-corrected chi connectivity index (χ3v) is 3.40. The van der Waals surface area contributed by atoms with Gasteiger partial charge < -0.3 is 5.73 Å². The maximum atomic E-state index is 11.2. The first-order chi connectivity index (χ1) is 8.09. The zero-order chi connectivity index (χ0) is 12.4. The van der Waals surface area contributed by atoms with Gasteiger partial charge in [0.15, 0.2) is 5.16 Å². The molecule has 3 N–H and O–H groups in total. The summed E-state index contributed by atoms with van der Waals surface area (Å²) < 4.78 is 1.43. The summed E-state index contributed by atoms with van der Waals surface area (Å²) in [5, 5.41) is 7.64. The van der Waals surface area contributed by atoms with Crippen LogP contribution in [0.1, 0.15) is 18.5 Å². The van der Waals surface area contributed by atoms with Gasteiger partial charge in [-0.15, -0.1) is 5.10 Å². The van der Waals surface area contributed by atoms with E-state index in [1.54, 1.807) is 13.2 Å². The summed E-state index contributed by atoms with van der Waals surface area (Å²) in [5.74, 6) is 0. The van der Waals surface area contributed by atoms with Crippen molar-refractivity contribution in [3.05, 3.63) is 34.4 Å². The second kappa shape index (κ2) is 4.72. The van der Waals surface area contributed by atoms with Crippen LogP contribution in [-0.4, -0.2) is 19.7 Å². The minimum Gasteiger partial charge on any atom is -0.324 e. The van der Waals surface area contributed by atoms with Crippen molar-refractivity contribution < 1.29 is 0 Å². The highest BCUT2D eigenvalue weighted by atomic mass is 32.2. The van der Waals surface area contributed by atoms with Gasteiger partial charge in [0.1, 0.15) is 5.03 Å². The molecule has 2 aromatic heterocycles. The van der Waals surface area contributed by atoms with E-state index in [0.717, 1.165) is 10.6 Å². The summed E-state index contributed by atoms with van der Waals surface area (Å²) in [5.41, 5.74) is 6.55. The molecule has 17 heavy (non-hydrogen) atoms. The molecule has 0 amide bonds. The van der Waals surface area contributed by atoms with E-state index in [2.05, 4.69) is 15.2 Å². The number of nitrogens with one attached hydrogen (secondary N) is 1. The van der Waals surface area contributed by atoms with Gasteiger partial charge in [0.2, 0.25) is 0 Å². The smallest absolute Gasteiger partial charge is 0.324 e. The first-order valence-electron chi connectivity index (χ1n) is 5.09. The summed E-state index contributed by atoms with van der Waals surface area (Å²) in [7, 11) is 1.66. The Morgan fingerprint density at radius 3 is 2.94 bits per heavy atom. The average molecular weight is 251 g/mol. The van der Waals surface area contributed by atoms with Crippen LogP contribution in [0.15, 0.2) is 33.3 Å². The summed E-state index contributed by atoms with van der Waals surface area (Å²) in [6.07, 6.45) is 1.69. The van der Waals surface area contributed by atoms with E-state index in [1.807, 2.05) is 19.1 Å². The Morgan fingerprint density at radius 2 is 2.35 bits per heavy atom. The SMILES string of the molecule is CC(N)c1cccnc1Sc1n[nH]c(=O)n1C. The Labute approximate surface area is 102 Å². The highest BCUT2D eigenvalue weighted by Crippen LogP contribution is 2.28. The van der Waals surface area contributed by atoms with Crippen molar-refractivity contribution in [2.45, 2.75) is 23.1 Å². The molecule has 1 atom stereocenters. The molecule has 0 fully saturated rings. The molecule has 0 saturated heterocycles. The van der Waals surface area contributed by atoms with E-state index in [9.17, 15) is 4.79 Å². The van der Waals surface area contributed by atoms with Gasteiger partial charge in [-0.05, 0) is 24.8 Å². The van der Waals surface area contributed by atoms with Crippen molar-refractivity contribution >= 4 is 11.8 Å². The van der Waals surface area contributed by atoms with Crippen molar-refractivity contribution in [2.24, 2.45) is 12.8 Å². The standard InChI is InChI=1S/C10H13N5OS/c1-6(11)7-4-3-5-12-8(7)17-10-14-13-9(16)15(10)2/h3-6H,11H2,1-2H3,(H,13,16). The number of rotatable bonds is 3. The second-order valence-electron chi connectivity index (χ2n) is 3.66. The van der Waals surface area contributed by atoms with Crippen LogP contribution in [0.5, 0.6) is 0 Å². The van der Waals surface area contributed by atoms with Crippen LogP contribution in [0.25, 0.3) is 0 Å². The predicted octanol–water partition coefficient (Wildman–Crippen LogP) is 0.674. The van der Waals surface area contributed by atoms with Crippen LogP contribution in [0, 0.1) is 0 Å². The number of hydrogen-bond acceptors (Lipinski definition) is 5. The molecule has 0 saturated carbocycles. The third kappa shape index (κ3) is 2.40. The predicted molar refractivity (Wildman–Crippen MR) is 64.8 cm³/mol. The van der Waals surface area contributed by atoms with E-state index < -0.39 is 0 Å². The van der Waals surface area contributed by atoms with Gasteiger partial charge in [-0.25, -0.2) is 14.9 Å².